The van der Waals surface area contributed by atoms with E-state index in [1.165, 1.54) is 0 Å². The van der Waals surface area contributed by atoms with Crippen molar-refractivity contribution in [2.45, 2.75) is 51.0 Å². The molecule has 20 heavy (non-hydrogen) atoms. The number of halogens is 1. The highest BCUT2D eigenvalue weighted by Gasteiger charge is 2.37. The Labute approximate surface area is 123 Å². The molecule has 1 unspecified atom stereocenters. The molecule has 6 nitrogen and oxygen atoms in total. The van der Waals surface area contributed by atoms with Gasteiger partial charge in [0, 0.05) is 24.9 Å². The van der Waals surface area contributed by atoms with Crippen LogP contribution in [0, 0.1) is 0 Å². The zero-order valence-electron chi connectivity index (χ0n) is 12.2. The molecule has 0 N–H and O–H groups in total. The van der Waals surface area contributed by atoms with Gasteiger partial charge in [-0.3, -0.25) is 0 Å². The summed E-state index contributed by atoms with van der Waals surface area (Å²) in [6.45, 7) is 8.54. The van der Waals surface area contributed by atoms with Crippen LogP contribution in [0.2, 0.25) is 0 Å². The van der Waals surface area contributed by atoms with E-state index in [0.717, 1.165) is 0 Å². The van der Waals surface area contributed by atoms with Gasteiger partial charge in [-0.15, -0.1) is 11.6 Å². The fourth-order valence-electron chi connectivity index (χ4n) is 1.87. The van der Waals surface area contributed by atoms with Crippen LogP contribution in [0.15, 0.2) is 4.52 Å². The molecule has 0 radical (unpaired) electrons. The number of amides is 1. The van der Waals surface area contributed by atoms with Gasteiger partial charge in [-0.1, -0.05) is 5.16 Å². The second-order valence-corrected chi connectivity index (χ2v) is 6.86. The summed E-state index contributed by atoms with van der Waals surface area (Å²) in [6.07, 6.45) is 0.253. The minimum atomic E-state index is -0.474. The molecule has 1 saturated heterocycles. The number of hydrogen-bond donors (Lipinski definition) is 0. The number of alkyl halides is 1. The Hall–Kier alpha value is -1.30. The molecule has 112 valence electrons. The van der Waals surface area contributed by atoms with Gasteiger partial charge in [0.1, 0.15) is 5.60 Å². The van der Waals surface area contributed by atoms with Crippen molar-refractivity contribution in [2.24, 2.45) is 0 Å². The van der Waals surface area contributed by atoms with E-state index < -0.39 is 5.60 Å². The SMILES string of the molecule is CC(Cl)Cc1nc(C2CN(C(=O)OC(C)(C)C)C2)no1. The normalized spacial score (nSPS) is 17.8. The van der Waals surface area contributed by atoms with E-state index in [0.29, 0.717) is 31.2 Å². The number of rotatable bonds is 3. The zero-order chi connectivity index (χ0) is 14.9. The fraction of sp³-hybridized carbons (Fsp3) is 0.769. The number of carbonyl (C=O) groups is 1. The van der Waals surface area contributed by atoms with Gasteiger partial charge in [-0.05, 0) is 27.7 Å². The van der Waals surface area contributed by atoms with Crippen LogP contribution in [0.4, 0.5) is 4.79 Å². The van der Waals surface area contributed by atoms with E-state index in [1.807, 2.05) is 27.7 Å². The lowest BCUT2D eigenvalue weighted by Gasteiger charge is -2.38. The molecule has 1 aromatic heterocycles. The maximum absolute atomic E-state index is 11.8. The summed E-state index contributed by atoms with van der Waals surface area (Å²) in [5.41, 5.74) is -0.474. The second kappa shape index (κ2) is 5.60. The van der Waals surface area contributed by atoms with Crippen LogP contribution in [-0.4, -0.2) is 45.2 Å². The number of carbonyl (C=O) groups excluding carboxylic acids is 1. The maximum atomic E-state index is 11.8. The van der Waals surface area contributed by atoms with Crippen LogP contribution in [0.3, 0.4) is 0 Å². The molecule has 7 heteroatoms. The van der Waals surface area contributed by atoms with Crippen LogP contribution in [0.5, 0.6) is 0 Å². The van der Waals surface area contributed by atoms with Gasteiger partial charge >= 0.3 is 6.09 Å². The minimum absolute atomic E-state index is 0.0389. The highest BCUT2D eigenvalue weighted by atomic mass is 35.5. The van der Waals surface area contributed by atoms with Crippen molar-refractivity contribution in [1.82, 2.24) is 15.0 Å². The van der Waals surface area contributed by atoms with Crippen LogP contribution in [-0.2, 0) is 11.2 Å². The van der Waals surface area contributed by atoms with Gasteiger partial charge in [0.25, 0.3) is 0 Å². The molecular weight excluding hydrogens is 282 g/mol. The number of likely N-dealkylation sites (tertiary alicyclic amines) is 1. The lowest BCUT2D eigenvalue weighted by molar-refractivity contribution is 0.00734. The monoisotopic (exact) mass is 301 g/mol. The molecule has 2 rings (SSSR count). The Morgan fingerprint density at radius 1 is 1.55 bits per heavy atom. The number of hydrogen-bond acceptors (Lipinski definition) is 5. The largest absolute Gasteiger partial charge is 0.444 e. The number of nitrogens with zero attached hydrogens (tertiary/aromatic N) is 3. The average molecular weight is 302 g/mol. The molecule has 1 fully saturated rings. The first-order valence-corrected chi connectivity index (χ1v) is 7.12. The highest BCUT2D eigenvalue weighted by Crippen LogP contribution is 2.26. The molecular formula is C13H20ClN3O3. The van der Waals surface area contributed by atoms with Crippen LogP contribution < -0.4 is 0 Å². The van der Waals surface area contributed by atoms with Gasteiger partial charge in [-0.25, -0.2) is 4.79 Å². The smallest absolute Gasteiger partial charge is 0.410 e. The third-order valence-electron chi connectivity index (χ3n) is 2.84. The average Bonchev–Trinajstić information content (AvgIpc) is 2.59. The summed E-state index contributed by atoms with van der Waals surface area (Å²) < 4.78 is 10.4. The molecule has 0 aromatic carbocycles. The summed E-state index contributed by atoms with van der Waals surface area (Å²) in [5.74, 6) is 1.29. The Bertz CT molecular complexity index is 475. The number of ether oxygens (including phenoxy) is 1. The Morgan fingerprint density at radius 3 is 2.75 bits per heavy atom. The quantitative estimate of drug-likeness (QED) is 0.803. The molecule has 0 aliphatic carbocycles. The minimum Gasteiger partial charge on any atom is -0.444 e. The highest BCUT2D eigenvalue weighted by molar-refractivity contribution is 6.20. The van der Waals surface area contributed by atoms with Crippen molar-refractivity contribution >= 4 is 17.7 Å². The molecule has 0 saturated carbocycles. The predicted molar refractivity (Wildman–Crippen MR) is 73.9 cm³/mol. The third-order valence-corrected chi connectivity index (χ3v) is 2.99. The standard InChI is InChI=1S/C13H20ClN3O3/c1-8(14)5-10-15-11(16-20-10)9-6-17(7-9)12(18)19-13(2,3)4/h8-9H,5-7H2,1-4H3. The maximum Gasteiger partial charge on any atom is 0.410 e. The molecule has 1 aliphatic heterocycles. The molecule has 1 atom stereocenters. The van der Waals surface area contributed by atoms with Gasteiger partial charge in [-0.2, -0.15) is 4.98 Å². The van der Waals surface area contributed by atoms with E-state index in [9.17, 15) is 4.79 Å². The lowest BCUT2D eigenvalue weighted by Crippen LogP contribution is -2.50. The van der Waals surface area contributed by atoms with E-state index >= 15 is 0 Å². The van der Waals surface area contributed by atoms with E-state index in [2.05, 4.69) is 10.1 Å². The summed E-state index contributed by atoms with van der Waals surface area (Å²) in [5, 5.41) is 3.90. The summed E-state index contributed by atoms with van der Waals surface area (Å²) >= 11 is 5.88. The summed E-state index contributed by atoms with van der Waals surface area (Å²) in [4.78, 5) is 17.7. The molecule has 0 bridgehead atoms. The van der Waals surface area contributed by atoms with Crippen molar-refractivity contribution < 1.29 is 14.1 Å². The first-order chi connectivity index (χ1) is 9.24. The van der Waals surface area contributed by atoms with Crippen LogP contribution in [0.1, 0.15) is 45.3 Å². The van der Waals surface area contributed by atoms with E-state index in [-0.39, 0.29) is 17.4 Å². The van der Waals surface area contributed by atoms with Crippen LogP contribution >= 0.6 is 11.6 Å². The first kappa shape index (κ1) is 15.1. The lowest BCUT2D eigenvalue weighted by atomic mass is 10.0. The molecule has 2 heterocycles. The summed E-state index contributed by atoms with van der Waals surface area (Å²) in [6, 6.07) is 0. The topological polar surface area (TPSA) is 68.5 Å². The zero-order valence-corrected chi connectivity index (χ0v) is 13.0. The predicted octanol–water partition coefficient (Wildman–Crippen LogP) is 2.57. The van der Waals surface area contributed by atoms with Gasteiger partial charge in [0.05, 0.1) is 5.92 Å². The number of aromatic nitrogens is 2. The van der Waals surface area contributed by atoms with E-state index in [4.69, 9.17) is 20.9 Å². The van der Waals surface area contributed by atoms with Gasteiger partial charge in [0.15, 0.2) is 5.82 Å². The van der Waals surface area contributed by atoms with Crippen molar-refractivity contribution in [1.29, 1.82) is 0 Å². The van der Waals surface area contributed by atoms with Crippen LogP contribution in [0.25, 0.3) is 0 Å². The van der Waals surface area contributed by atoms with E-state index in [1.54, 1.807) is 4.90 Å². The van der Waals surface area contributed by atoms with Crippen molar-refractivity contribution in [3.8, 4) is 0 Å². The molecule has 1 aliphatic rings. The van der Waals surface area contributed by atoms with Crippen molar-refractivity contribution in [3.05, 3.63) is 11.7 Å². The van der Waals surface area contributed by atoms with Crippen molar-refractivity contribution in [3.63, 3.8) is 0 Å². The third kappa shape index (κ3) is 3.85. The summed E-state index contributed by atoms with van der Waals surface area (Å²) in [7, 11) is 0. The first-order valence-electron chi connectivity index (χ1n) is 6.69. The fourth-order valence-corrected chi connectivity index (χ4v) is 2.01. The Kier molecular flexibility index (Phi) is 4.22. The van der Waals surface area contributed by atoms with Gasteiger partial charge < -0.3 is 14.2 Å². The van der Waals surface area contributed by atoms with Crippen molar-refractivity contribution in [2.75, 3.05) is 13.1 Å². The van der Waals surface area contributed by atoms with Gasteiger partial charge in [0.2, 0.25) is 5.89 Å². The molecule has 1 aromatic rings. The Balaban J connectivity index is 1.84. The Morgan fingerprint density at radius 2 is 2.20 bits per heavy atom. The molecule has 1 amide bonds. The molecule has 0 spiro atoms. The second-order valence-electron chi connectivity index (χ2n) is 6.11.